The zero-order chi connectivity index (χ0) is 18.2. The van der Waals surface area contributed by atoms with Crippen molar-refractivity contribution in [1.29, 1.82) is 0 Å². The van der Waals surface area contributed by atoms with E-state index in [1.54, 1.807) is 12.5 Å². The zero-order valence-electron chi connectivity index (χ0n) is 15.3. The Balaban J connectivity index is 1.25. The summed E-state index contributed by atoms with van der Waals surface area (Å²) in [6.45, 7) is 7.90. The van der Waals surface area contributed by atoms with Crippen LogP contribution in [0.4, 0.5) is 0 Å². The molecule has 0 N–H and O–H groups in total. The first kappa shape index (κ1) is 18.9. The summed E-state index contributed by atoms with van der Waals surface area (Å²) >= 11 is 0. The second-order valence-electron chi connectivity index (χ2n) is 7.11. The van der Waals surface area contributed by atoms with Gasteiger partial charge in [-0.3, -0.25) is 0 Å². The van der Waals surface area contributed by atoms with Crippen LogP contribution in [-0.4, -0.2) is 37.1 Å². The fraction of sp³-hybridized carbons (Fsp3) is 0.619. The highest BCUT2D eigenvalue weighted by atomic mass is 16.6. The largest absolute Gasteiger partial charge is 0.501 e. The summed E-state index contributed by atoms with van der Waals surface area (Å²) in [6, 6.07) is 0. The van der Waals surface area contributed by atoms with E-state index in [-0.39, 0.29) is 24.4 Å². The summed E-state index contributed by atoms with van der Waals surface area (Å²) in [5.41, 5.74) is 0. The normalized spacial score (nSPS) is 36.3. The van der Waals surface area contributed by atoms with Crippen LogP contribution in [0.1, 0.15) is 38.5 Å². The molecule has 4 atom stereocenters. The molecule has 3 rings (SSSR count). The molecule has 2 aliphatic heterocycles. The molecular weight excluding hydrogens is 332 g/mol. The molecule has 0 spiro atoms. The molecule has 5 heteroatoms. The van der Waals surface area contributed by atoms with Crippen LogP contribution in [0.3, 0.4) is 0 Å². The maximum absolute atomic E-state index is 5.91. The van der Waals surface area contributed by atoms with Crippen molar-refractivity contribution >= 4 is 0 Å². The topological polar surface area (TPSA) is 46.2 Å². The van der Waals surface area contributed by atoms with Gasteiger partial charge in [-0.05, 0) is 44.3 Å². The van der Waals surface area contributed by atoms with E-state index in [0.717, 1.165) is 38.5 Å². The van der Waals surface area contributed by atoms with Crippen molar-refractivity contribution in [2.24, 2.45) is 5.92 Å². The lowest BCUT2D eigenvalue weighted by molar-refractivity contribution is 0.0357. The van der Waals surface area contributed by atoms with Crippen LogP contribution >= 0.6 is 0 Å². The summed E-state index contributed by atoms with van der Waals surface area (Å²) in [4.78, 5) is 0. The lowest BCUT2D eigenvalue weighted by atomic mass is 9.88. The van der Waals surface area contributed by atoms with Crippen LogP contribution in [0, 0.1) is 5.92 Å². The maximum Gasteiger partial charge on any atom is 0.126 e. The highest BCUT2D eigenvalue weighted by molar-refractivity contribution is 4.99. The summed E-state index contributed by atoms with van der Waals surface area (Å²) in [7, 11) is 0. The minimum atomic E-state index is 0.169. The van der Waals surface area contributed by atoms with E-state index in [1.165, 1.54) is 12.5 Å². The standard InChI is InChI=1S/C21H30O5/c1-3-23-17-7-9-18(10-8-17)25-12-6-5-11-22-15-16-13-21-20(24-4-2)14-19(16)26-21/h3-6,11-12,16-21H,1-2,7-10,13-15H2/b11-5+,12-6+. The molecule has 5 nitrogen and oxygen atoms in total. The average molecular weight is 362 g/mol. The van der Waals surface area contributed by atoms with Crippen molar-refractivity contribution in [3.63, 3.8) is 0 Å². The molecule has 2 bridgehead atoms. The molecule has 1 saturated carbocycles. The first-order valence-corrected chi connectivity index (χ1v) is 9.57. The van der Waals surface area contributed by atoms with Crippen molar-refractivity contribution in [1.82, 2.24) is 0 Å². The van der Waals surface area contributed by atoms with Crippen LogP contribution in [0.5, 0.6) is 0 Å². The predicted molar refractivity (Wildman–Crippen MR) is 99.1 cm³/mol. The van der Waals surface area contributed by atoms with Crippen molar-refractivity contribution < 1.29 is 23.7 Å². The van der Waals surface area contributed by atoms with Gasteiger partial charge in [-0.2, -0.15) is 0 Å². The molecule has 26 heavy (non-hydrogen) atoms. The Bertz CT molecular complexity index is 507. The Hall–Kier alpha value is -1.88. The van der Waals surface area contributed by atoms with Gasteiger partial charge in [0.2, 0.25) is 0 Å². The number of fused-ring (bicyclic) bond motifs is 2. The number of hydrogen-bond acceptors (Lipinski definition) is 5. The molecule has 4 unspecified atom stereocenters. The molecular formula is C21H30O5. The number of rotatable bonds is 10. The van der Waals surface area contributed by atoms with Crippen LogP contribution in [0.25, 0.3) is 0 Å². The van der Waals surface area contributed by atoms with Crippen LogP contribution in [-0.2, 0) is 23.7 Å². The molecule has 0 amide bonds. The van der Waals surface area contributed by atoms with Gasteiger partial charge < -0.3 is 23.7 Å². The van der Waals surface area contributed by atoms with E-state index < -0.39 is 0 Å². The number of ether oxygens (including phenoxy) is 5. The minimum Gasteiger partial charge on any atom is -0.501 e. The molecule has 2 heterocycles. The van der Waals surface area contributed by atoms with Crippen LogP contribution < -0.4 is 0 Å². The van der Waals surface area contributed by atoms with Crippen molar-refractivity contribution in [3.8, 4) is 0 Å². The third-order valence-electron chi connectivity index (χ3n) is 5.42. The predicted octanol–water partition coefficient (Wildman–Crippen LogP) is 4.22. The molecule has 3 aliphatic rings. The van der Waals surface area contributed by atoms with E-state index in [2.05, 4.69) is 13.2 Å². The van der Waals surface area contributed by atoms with E-state index >= 15 is 0 Å². The molecule has 0 radical (unpaired) electrons. The SMILES string of the molecule is C=COC1CCC(O/C=C/C=C/OCC2CC3OC2CC3OC=C)CC1. The Morgan fingerprint density at radius 3 is 2.15 bits per heavy atom. The Morgan fingerprint density at radius 2 is 1.50 bits per heavy atom. The molecule has 3 fully saturated rings. The van der Waals surface area contributed by atoms with Crippen molar-refractivity contribution in [3.05, 3.63) is 50.4 Å². The maximum atomic E-state index is 5.91. The van der Waals surface area contributed by atoms with Crippen molar-refractivity contribution in [2.75, 3.05) is 6.61 Å². The molecule has 2 saturated heterocycles. The van der Waals surface area contributed by atoms with E-state index in [4.69, 9.17) is 23.7 Å². The molecule has 0 aromatic rings. The molecule has 144 valence electrons. The summed E-state index contributed by atoms with van der Waals surface area (Å²) in [6.07, 6.45) is 17.4. The van der Waals surface area contributed by atoms with E-state index in [1.807, 2.05) is 12.2 Å². The number of hydrogen-bond donors (Lipinski definition) is 0. The zero-order valence-corrected chi connectivity index (χ0v) is 15.3. The van der Waals surface area contributed by atoms with Gasteiger partial charge in [-0.1, -0.05) is 13.2 Å². The minimum absolute atomic E-state index is 0.169. The van der Waals surface area contributed by atoms with Crippen LogP contribution in [0.2, 0.25) is 0 Å². The van der Waals surface area contributed by atoms with E-state index in [9.17, 15) is 0 Å². The third kappa shape index (κ3) is 5.07. The van der Waals surface area contributed by atoms with Gasteiger partial charge in [0, 0.05) is 12.3 Å². The fourth-order valence-electron chi connectivity index (χ4n) is 4.07. The monoisotopic (exact) mass is 362 g/mol. The van der Waals surface area contributed by atoms with Gasteiger partial charge in [0.05, 0.1) is 56.1 Å². The van der Waals surface area contributed by atoms with Gasteiger partial charge >= 0.3 is 0 Å². The van der Waals surface area contributed by atoms with Gasteiger partial charge in [0.25, 0.3) is 0 Å². The first-order chi connectivity index (χ1) is 12.8. The number of allylic oxidation sites excluding steroid dienone is 2. The van der Waals surface area contributed by atoms with Gasteiger partial charge in [-0.25, -0.2) is 0 Å². The first-order valence-electron chi connectivity index (χ1n) is 9.57. The smallest absolute Gasteiger partial charge is 0.126 e. The Kier molecular flexibility index (Phi) is 7.06. The molecule has 1 aliphatic carbocycles. The second-order valence-corrected chi connectivity index (χ2v) is 7.11. The molecule has 0 aromatic carbocycles. The second kappa shape index (κ2) is 9.72. The van der Waals surface area contributed by atoms with E-state index in [0.29, 0.717) is 18.6 Å². The van der Waals surface area contributed by atoms with Gasteiger partial charge in [-0.15, -0.1) is 0 Å². The lowest BCUT2D eigenvalue weighted by Gasteiger charge is -2.27. The Labute approximate surface area is 156 Å². The summed E-state index contributed by atoms with van der Waals surface area (Å²) in [5, 5.41) is 0. The third-order valence-corrected chi connectivity index (χ3v) is 5.42. The quantitative estimate of drug-likeness (QED) is 0.430. The van der Waals surface area contributed by atoms with Crippen molar-refractivity contribution in [2.45, 2.75) is 69.0 Å². The highest BCUT2D eigenvalue weighted by Gasteiger charge is 2.48. The van der Waals surface area contributed by atoms with Crippen LogP contribution in [0.15, 0.2) is 50.4 Å². The lowest BCUT2D eigenvalue weighted by Crippen LogP contribution is -2.30. The van der Waals surface area contributed by atoms with Gasteiger partial charge in [0.15, 0.2) is 0 Å². The van der Waals surface area contributed by atoms with Gasteiger partial charge in [0.1, 0.15) is 6.10 Å². The highest BCUT2D eigenvalue weighted by Crippen LogP contribution is 2.40. The Morgan fingerprint density at radius 1 is 0.808 bits per heavy atom. The summed E-state index contributed by atoms with van der Waals surface area (Å²) < 4.78 is 28.2. The molecule has 0 aromatic heterocycles. The fourth-order valence-corrected chi connectivity index (χ4v) is 4.07. The summed E-state index contributed by atoms with van der Waals surface area (Å²) in [5.74, 6) is 0.447. The average Bonchev–Trinajstić information content (AvgIpc) is 3.23.